The number of hydrogen-bond acceptors (Lipinski definition) is 4. The van der Waals surface area contributed by atoms with Crippen LogP contribution in [-0.4, -0.2) is 43.7 Å². The Labute approximate surface area is 177 Å². The molecule has 2 heterocycles. The molecule has 0 aromatic heterocycles. The second-order valence-corrected chi connectivity index (χ2v) is 10.7. The number of benzene rings is 1. The van der Waals surface area contributed by atoms with E-state index in [0.29, 0.717) is 28.9 Å². The van der Waals surface area contributed by atoms with Crippen LogP contribution in [0.15, 0.2) is 21.4 Å². The van der Waals surface area contributed by atoms with E-state index in [9.17, 15) is 13.2 Å². The van der Waals surface area contributed by atoms with Crippen LogP contribution < -0.4 is 4.90 Å². The Morgan fingerprint density at radius 3 is 2.66 bits per heavy atom. The fourth-order valence-corrected chi connectivity index (χ4v) is 6.15. The lowest BCUT2D eigenvalue weighted by molar-refractivity contribution is 0.0654. The van der Waals surface area contributed by atoms with Crippen LogP contribution in [0.25, 0.3) is 0 Å². The molecule has 0 N–H and O–H groups in total. The largest absolute Gasteiger partial charge is 0.333 e. The summed E-state index contributed by atoms with van der Waals surface area (Å²) >= 11 is 6.58. The van der Waals surface area contributed by atoms with Crippen molar-refractivity contribution in [3.8, 4) is 0 Å². The number of hydrogen-bond donors (Lipinski definition) is 0. The molecule has 1 saturated heterocycles. The van der Waals surface area contributed by atoms with E-state index in [4.69, 9.17) is 11.6 Å². The van der Waals surface area contributed by atoms with Gasteiger partial charge in [0.1, 0.15) is 10.7 Å². The van der Waals surface area contributed by atoms with Crippen molar-refractivity contribution >= 4 is 39.1 Å². The number of carbonyl (C=O) groups is 1. The number of amides is 1. The molecule has 2 aliphatic carbocycles. The molecule has 0 bridgehead atoms. The monoisotopic (exact) mass is 435 g/mol. The third kappa shape index (κ3) is 3.46. The first-order chi connectivity index (χ1) is 13.9. The lowest BCUT2D eigenvalue weighted by Crippen LogP contribution is -2.42. The van der Waals surface area contributed by atoms with E-state index >= 15 is 0 Å². The summed E-state index contributed by atoms with van der Waals surface area (Å²) in [6.07, 6.45) is 7.91. The number of halogens is 1. The number of fused-ring (bicyclic) bond motifs is 3. The van der Waals surface area contributed by atoms with Crippen molar-refractivity contribution in [2.75, 3.05) is 11.4 Å². The molecule has 156 valence electrons. The first kappa shape index (κ1) is 19.4. The highest BCUT2D eigenvalue weighted by Crippen LogP contribution is 2.42. The molecule has 1 aromatic rings. The van der Waals surface area contributed by atoms with Gasteiger partial charge in [-0.15, -0.1) is 4.40 Å². The fourth-order valence-electron chi connectivity index (χ4n) is 4.64. The van der Waals surface area contributed by atoms with Crippen LogP contribution in [0.3, 0.4) is 0 Å². The van der Waals surface area contributed by atoms with Gasteiger partial charge in [0.05, 0.1) is 16.3 Å². The van der Waals surface area contributed by atoms with Crippen LogP contribution >= 0.6 is 11.6 Å². The summed E-state index contributed by atoms with van der Waals surface area (Å²) in [6.45, 7) is 2.82. The molecular formula is C21H26ClN3O3S. The molecule has 0 spiro atoms. The van der Waals surface area contributed by atoms with Gasteiger partial charge in [-0.1, -0.05) is 18.0 Å². The van der Waals surface area contributed by atoms with E-state index < -0.39 is 10.0 Å². The van der Waals surface area contributed by atoms with Crippen LogP contribution in [0.4, 0.5) is 5.69 Å². The molecule has 29 heavy (non-hydrogen) atoms. The summed E-state index contributed by atoms with van der Waals surface area (Å²) in [5.74, 6) is 0.983. The van der Waals surface area contributed by atoms with Crippen LogP contribution in [0, 0.1) is 5.92 Å². The Bertz CT molecular complexity index is 999. The van der Waals surface area contributed by atoms with Gasteiger partial charge in [-0.3, -0.25) is 4.79 Å². The average Bonchev–Trinajstić information content (AvgIpc) is 3.55. The zero-order chi connectivity index (χ0) is 20.3. The summed E-state index contributed by atoms with van der Waals surface area (Å²) in [5, 5.41) is 0.322. The van der Waals surface area contributed by atoms with Crippen molar-refractivity contribution in [3.63, 3.8) is 0 Å². The van der Waals surface area contributed by atoms with Gasteiger partial charge >= 0.3 is 0 Å². The highest BCUT2D eigenvalue weighted by Gasteiger charge is 2.43. The van der Waals surface area contributed by atoms with Gasteiger partial charge < -0.3 is 9.80 Å². The zero-order valence-corrected chi connectivity index (χ0v) is 18.2. The number of anilines is 1. The number of amidine groups is 1. The maximum atomic E-state index is 13.5. The highest BCUT2D eigenvalue weighted by molar-refractivity contribution is 7.90. The minimum Gasteiger partial charge on any atom is -0.333 e. The first-order valence-electron chi connectivity index (χ1n) is 10.6. The Balaban J connectivity index is 1.56. The van der Waals surface area contributed by atoms with E-state index in [-0.39, 0.29) is 28.4 Å². The Morgan fingerprint density at radius 1 is 1.21 bits per heavy atom. The van der Waals surface area contributed by atoms with E-state index in [1.165, 1.54) is 6.07 Å². The van der Waals surface area contributed by atoms with E-state index in [1.807, 2.05) is 9.80 Å². The average molecular weight is 436 g/mol. The summed E-state index contributed by atoms with van der Waals surface area (Å²) in [5.41, 5.74) is 0.841. The molecule has 1 amide bonds. The van der Waals surface area contributed by atoms with Crippen LogP contribution in [-0.2, 0) is 10.0 Å². The third-order valence-electron chi connectivity index (χ3n) is 6.58. The van der Waals surface area contributed by atoms with Crippen molar-refractivity contribution in [2.24, 2.45) is 10.3 Å². The molecule has 1 aromatic carbocycles. The first-order valence-corrected chi connectivity index (χ1v) is 12.5. The Morgan fingerprint density at radius 2 is 1.97 bits per heavy atom. The second-order valence-electron chi connectivity index (χ2n) is 8.77. The third-order valence-corrected chi connectivity index (χ3v) is 8.23. The van der Waals surface area contributed by atoms with Crippen molar-refractivity contribution in [1.82, 2.24) is 4.90 Å². The molecule has 3 fully saturated rings. The Kier molecular flexibility index (Phi) is 4.66. The SMILES string of the molecule is C[C@H](C1CC1)N(C(=O)c1cc2c(cc1Cl)N1CCCCCC1=NS2(=O)=O)C1CC1. The van der Waals surface area contributed by atoms with Gasteiger partial charge in [0.25, 0.3) is 15.9 Å². The smallest absolute Gasteiger partial charge is 0.286 e. The van der Waals surface area contributed by atoms with Gasteiger partial charge in [0, 0.05) is 25.0 Å². The van der Waals surface area contributed by atoms with E-state index in [0.717, 1.165) is 51.5 Å². The van der Waals surface area contributed by atoms with Crippen molar-refractivity contribution in [3.05, 3.63) is 22.7 Å². The molecule has 5 rings (SSSR count). The second kappa shape index (κ2) is 6.98. The molecule has 6 nitrogen and oxygen atoms in total. The number of rotatable bonds is 4. The highest BCUT2D eigenvalue weighted by atomic mass is 35.5. The lowest BCUT2D eigenvalue weighted by atomic mass is 10.1. The summed E-state index contributed by atoms with van der Waals surface area (Å²) in [6, 6.07) is 3.54. The molecule has 0 unspecified atom stereocenters. The molecule has 0 radical (unpaired) electrons. The maximum absolute atomic E-state index is 13.5. The topological polar surface area (TPSA) is 70.1 Å². The van der Waals surface area contributed by atoms with Crippen LogP contribution in [0.2, 0.25) is 5.02 Å². The van der Waals surface area contributed by atoms with E-state index in [2.05, 4.69) is 11.3 Å². The van der Waals surface area contributed by atoms with Crippen molar-refractivity contribution in [1.29, 1.82) is 0 Å². The minimum atomic E-state index is -3.84. The quantitative estimate of drug-likeness (QED) is 0.709. The summed E-state index contributed by atoms with van der Waals surface area (Å²) in [7, 11) is -3.84. The normalized spacial score (nSPS) is 24.1. The maximum Gasteiger partial charge on any atom is 0.286 e. The predicted molar refractivity (Wildman–Crippen MR) is 113 cm³/mol. The lowest BCUT2D eigenvalue weighted by Gasteiger charge is -2.32. The summed E-state index contributed by atoms with van der Waals surface area (Å²) in [4.78, 5) is 17.5. The van der Waals surface area contributed by atoms with Crippen LogP contribution in [0.5, 0.6) is 0 Å². The number of sulfonamides is 1. The molecule has 8 heteroatoms. The number of carbonyl (C=O) groups excluding carboxylic acids is 1. The van der Waals surface area contributed by atoms with Gasteiger partial charge in [-0.2, -0.15) is 8.42 Å². The molecule has 1 atom stereocenters. The molecule has 2 aliphatic heterocycles. The van der Waals surface area contributed by atoms with Crippen LogP contribution in [0.1, 0.15) is 68.6 Å². The standard InChI is InChI=1S/C21H26ClN3O3S/c1-13(14-6-7-14)25(15-8-9-15)21(26)16-11-19-18(12-17(16)22)24-10-4-2-3-5-20(24)23-29(19,27)28/h11-15H,2-10H2,1H3/t13-/m1/s1. The van der Waals surface area contributed by atoms with Crippen molar-refractivity contribution in [2.45, 2.75) is 75.3 Å². The zero-order valence-electron chi connectivity index (χ0n) is 16.6. The van der Waals surface area contributed by atoms with Crippen molar-refractivity contribution < 1.29 is 13.2 Å². The minimum absolute atomic E-state index is 0.103. The predicted octanol–water partition coefficient (Wildman–Crippen LogP) is 4.22. The van der Waals surface area contributed by atoms with E-state index in [1.54, 1.807) is 6.07 Å². The van der Waals surface area contributed by atoms with Gasteiger partial charge in [0.15, 0.2) is 0 Å². The van der Waals surface area contributed by atoms with Gasteiger partial charge in [0.2, 0.25) is 0 Å². The number of nitrogens with zero attached hydrogens (tertiary/aromatic N) is 3. The van der Waals surface area contributed by atoms with Gasteiger partial charge in [-0.05, 0) is 63.5 Å². The molecule has 2 saturated carbocycles. The van der Waals surface area contributed by atoms with Gasteiger partial charge in [-0.25, -0.2) is 0 Å². The summed E-state index contributed by atoms with van der Waals surface area (Å²) < 4.78 is 29.9. The molecular weight excluding hydrogens is 410 g/mol. The fraction of sp³-hybridized carbons (Fsp3) is 0.619. The molecule has 4 aliphatic rings. The Hall–Kier alpha value is -1.60.